The van der Waals surface area contributed by atoms with E-state index in [1.807, 2.05) is 12.1 Å². The van der Waals surface area contributed by atoms with Crippen molar-refractivity contribution in [2.75, 3.05) is 44.4 Å². The minimum Gasteiger partial charge on any atom is -0.383 e. The Kier molecular flexibility index (Phi) is 3.84. The van der Waals surface area contributed by atoms with Gasteiger partial charge in [-0.25, -0.2) is 0 Å². The van der Waals surface area contributed by atoms with E-state index in [4.69, 9.17) is 21.1 Å². The largest absolute Gasteiger partial charge is 0.383 e. The second-order valence-corrected chi connectivity index (χ2v) is 7.86. The molecular formula is C18H24ClNO3. The van der Waals surface area contributed by atoms with Crippen molar-refractivity contribution in [2.45, 2.75) is 31.8 Å². The third kappa shape index (κ3) is 2.66. The van der Waals surface area contributed by atoms with Crippen LogP contribution in [-0.2, 0) is 15.1 Å². The first kappa shape index (κ1) is 15.7. The molecule has 0 radical (unpaired) electrons. The number of hydrogen-bond donors (Lipinski definition) is 1. The maximum atomic E-state index is 11.0. The number of rotatable bonds is 2. The summed E-state index contributed by atoms with van der Waals surface area (Å²) in [6, 6.07) is 3.92. The molecule has 126 valence electrons. The lowest BCUT2D eigenvalue weighted by Gasteiger charge is -2.54. The monoisotopic (exact) mass is 337 g/mol. The number of aryl methyl sites for hydroxylation is 1. The van der Waals surface area contributed by atoms with Crippen LogP contribution in [0.1, 0.15) is 30.4 Å². The van der Waals surface area contributed by atoms with Gasteiger partial charge in [-0.1, -0.05) is 11.6 Å². The van der Waals surface area contributed by atoms with Crippen molar-refractivity contribution in [1.29, 1.82) is 0 Å². The summed E-state index contributed by atoms with van der Waals surface area (Å²) < 4.78 is 11.0. The highest BCUT2D eigenvalue weighted by Crippen LogP contribution is 2.47. The van der Waals surface area contributed by atoms with Gasteiger partial charge in [-0.3, -0.25) is 0 Å². The molecule has 23 heavy (non-hydrogen) atoms. The molecule has 0 aromatic heterocycles. The first-order chi connectivity index (χ1) is 11.0. The predicted molar refractivity (Wildman–Crippen MR) is 90.2 cm³/mol. The van der Waals surface area contributed by atoms with Gasteiger partial charge in [0.1, 0.15) is 5.60 Å². The van der Waals surface area contributed by atoms with Crippen LogP contribution in [-0.4, -0.2) is 44.6 Å². The van der Waals surface area contributed by atoms with E-state index in [1.54, 1.807) is 0 Å². The minimum atomic E-state index is -0.913. The zero-order chi connectivity index (χ0) is 16.1. The van der Waals surface area contributed by atoms with Crippen molar-refractivity contribution in [3.63, 3.8) is 0 Å². The predicted octanol–water partition coefficient (Wildman–Crippen LogP) is 2.87. The quantitative estimate of drug-likeness (QED) is 0.901. The summed E-state index contributed by atoms with van der Waals surface area (Å²) in [6.07, 6.45) is 2.91. The molecule has 5 heteroatoms. The van der Waals surface area contributed by atoms with E-state index in [9.17, 15) is 5.11 Å². The van der Waals surface area contributed by atoms with Gasteiger partial charge in [-0.2, -0.15) is 0 Å². The molecule has 1 aromatic carbocycles. The second-order valence-electron chi connectivity index (χ2n) is 7.42. The topological polar surface area (TPSA) is 41.9 Å². The van der Waals surface area contributed by atoms with Crippen LogP contribution in [0.3, 0.4) is 0 Å². The number of halogens is 1. The molecule has 3 aliphatic rings. The Morgan fingerprint density at radius 1 is 1.09 bits per heavy atom. The summed E-state index contributed by atoms with van der Waals surface area (Å²) in [6.45, 7) is 6.87. The lowest BCUT2D eigenvalue weighted by molar-refractivity contribution is -0.00165. The van der Waals surface area contributed by atoms with E-state index in [0.717, 1.165) is 56.0 Å². The van der Waals surface area contributed by atoms with Crippen LogP contribution in [0.5, 0.6) is 0 Å². The van der Waals surface area contributed by atoms with E-state index in [1.165, 1.54) is 0 Å². The smallest absolute Gasteiger partial charge is 0.117 e. The maximum Gasteiger partial charge on any atom is 0.117 e. The molecule has 0 amide bonds. The zero-order valence-corrected chi connectivity index (χ0v) is 14.4. The first-order valence-electron chi connectivity index (χ1n) is 8.45. The van der Waals surface area contributed by atoms with Crippen molar-refractivity contribution in [3.05, 3.63) is 28.3 Å². The lowest BCUT2D eigenvalue weighted by atomic mass is 9.72. The fraction of sp³-hybridized carbons (Fsp3) is 0.667. The van der Waals surface area contributed by atoms with Gasteiger partial charge in [-0.05, 0) is 37.5 Å². The third-order valence-corrected chi connectivity index (χ3v) is 5.91. The van der Waals surface area contributed by atoms with Gasteiger partial charge >= 0.3 is 0 Å². The Morgan fingerprint density at radius 2 is 1.78 bits per heavy atom. The molecule has 4 nitrogen and oxygen atoms in total. The Bertz CT molecular complexity index is 599. The summed E-state index contributed by atoms with van der Waals surface area (Å²) in [5.41, 5.74) is 2.70. The Balaban J connectivity index is 1.66. The van der Waals surface area contributed by atoms with Crippen LogP contribution in [0.4, 0.5) is 5.69 Å². The molecule has 3 fully saturated rings. The highest BCUT2D eigenvalue weighted by atomic mass is 35.5. The Morgan fingerprint density at radius 3 is 2.43 bits per heavy atom. The van der Waals surface area contributed by atoms with Crippen molar-refractivity contribution >= 4 is 17.3 Å². The van der Waals surface area contributed by atoms with Crippen molar-refractivity contribution in [3.8, 4) is 0 Å². The van der Waals surface area contributed by atoms with Gasteiger partial charge in [0.05, 0.1) is 6.61 Å². The van der Waals surface area contributed by atoms with Crippen LogP contribution in [0.15, 0.2) is 12.1 Å². The summed E-state index contributed by atoms with van der Waals surface area (Å²) in [4.78, 5) is 2.41. The SMILES string of the molecule is Cc1cc(Cl)cc(C2(O)CCOC2)c1N1CC2(CCOCC2)C1. The van der Waals surface area contributed by atoms with E-state index in [-0.39, 0.29) is 0 Å². The van der Waals surface area contributed by atoms with Gasteiger partial charge < -0.3 is 19.5 Å². The maximum absolute atomic E-state index is 11.0. The van der Waals surface area contributed by atoms with Crippen LogP contribution < -0.4 is 4.90 Å². The standard InChI is InChI=1S/C18H24ClNO3/c1-13-8-14(19)9-15(18(21)4-7-23-12-18)16(13)20-10-17(11-20)2-5-22-6-3-17/h8-9,21H,2-7,10-12H2,1H3. The van der Waals surface area contributed by atoms with Gasteiger partial charge in [0, 0.05) is 61.0 Å². The Labute approximate surface area is 142 Å². The summed E-state index contributed by atoms with van der Waals surface area (Å²) >= 11 is 6.28. The van der Waals surface area contributed by atoms with E-state index in [2.05, 4.69) is 11.8 Å². The summed E-state index contributed by atoms with van der Waals surface area (Å²) in [7, 11) is 0. The highest BCUT2D eigenvalue weighted by Gasteiger charge is 2.46. The molecule has 4 rings (SSSR count). The molecule has 3 heterocycles. The summed E-state index contributed by atoms with van der Waals surface area (Å²) in [5, 5.41) is 11.7. The number of benzene rings is 1. The van der Waals surface area contributed by atoms with E-state index >= 15 is 0 Å². The van der Waals surface area contributed by atoms with Gasteiger partial charge in [0.15, 0.2) is 0 Å². The van der Waals surface area contributed by atoms with Crippen LogP contribution >= 0.6 is 11.6 Å². The number of hydrogen-bond acceptors (Lipinski definition) is 4. The highest BCUT2D eigenvalue weighted by molar-refractivity contribution is 6.30. The molecule has 1 spiro atoms. The molecule has 3 aliphatic heterocycles. The third-order valence-electron chi connectivity index (χ3n) is 5.69. The van der Waals surface area contributed by atoms with Gasteiger partial charge in [-0.15, -0.1) is 0 Å². The first-order valence-corrected chi connectivity index (χ1v) is 8.83. The molecule has 1 unspecified atom stereocenters. The van der Waals surface area contributed by atoms with Gasteiger partial charge in [0.2, 0.25) is 0 Å². The molecular weight excluding hydrogens is 314 g/mol. The second kappa shape index (κ2) is 5.62. The molecule has 1 N–H and O–H groups in total. The number of ether oxygens (including phenoxy) is 2. The normalized spacial score (nSPS) is 29.8. The van der Waals surface area contributed by atoms with Crippen molar-refractivity contribution in [1.82, 2.24) is 0 Å². The molecule has 1 aromatic rings. The average molecular weight is 338 g/mol. The van der Waals surface area contributed by atoms with E-state index < -0.39 is 5.60 Å². The minimum absolute atomic E-state index is 0.354. The van der Waals surface area contributed by atoms with Gasteiger partial charge in [0.25, 0.3) is 0 Å². The Hall–Kier alpha value is -0.810. The fourth-order valence-corrected chi connectivity index (χ4v) is 4.59. The van der Waals surface area contributed by atoms with E-state index in [0.29, 0.717) is 30.1 Å². The van der Waals surface area contributed by atoms with Crippen LogP contribution in [0.2, 0.25) is 5.02 Å². The number of nitrogens with zero attached hydrogens (tertiary/aromatic N) is 1. The van der Waals surface area contributed by atoms with Crippen molar-refractivity contribution in [2.24, 2.45) is 5.41 Å². The molecule has 3 saturated heterocycles. The van der Waals surface area contributed by atoms with Crippen LogP contribution in [0.25, 0.3) is 0 Å². The van der Waals surface area contributed by atoms with Crippen molar-refractivity contribution < 1.29 is 14.6 Å². The number of anilines is 1. The molecule has 1 atom stereocenters. The van der Waals surface area contributed by atoms with Crippen LogP contribution in [0, 0.1) is 12.3 Å². The fourth-order valence-electron chi connectivity index (χ4n) is 4.32. The molecule has 0 aliphatic carbocycles. The average Bonchev–Trinajstić information content (AvgIpc) is 2.93. The summed E-state index contributed by atoms with van der Waals surface area (Å²) in [5.74, 6) is 0. The molecule has 0 saturated carbocycles. The zero-order valence-electron chi connectivity index (χ0n) is 13.6. The lowest BCUT2D eigenvalue weighted by Crippen LogP contribution is -2.59. The molecule has 0 bridgehead atoms. The number of aliphatic hydroxyl groups is 1.